The van der Waals surface area contributed by atoms with Crippen molar-refractivity contribution in [2.24, 2.45) is 0 Å². The summed E-state index contributed by atoms with van der Waals surface area (Å²) in [7, 11) is 2.19. The summed E-state index contributed by atoms with van der Waals surface area (Å²) in [6.07, 6.45) is 0. The molecule has 1 fully saturated rings. The second-order valence-corrected chi connectivity index (χ2v) is 6.72. The first-order valence-electron chi connectivity index (χ1n) is 5.02. The van der Waals surface area contributed by atoms with Gasteiger partial charge in [0.25, 0.3) is 0 Å². The number of nitrogens with zero attached hydrogens (tertiary/aromatic N) is 2. The van der Waals surface area contributed by atoms with E-state index in [1.165, 1.54) is 25.4 Å². The van der Waals surface area contributed by atoms with Crippen LogP contribution in [-0.4, -0.2) is 53.7 Å². The van der Waals surface area contributed by atoms with Gasteiger partial charge in [-0.2, -0.15) is 11.8 Å². The molecule has 3 heteroatoms. The highest BCUT2D eigenvalue weighted by Crippen LogP contribution is 2.22. The van der Waals surface area contributed by atoms with Gasteiger partial charge in [0, 0.05) is 30.1 Å². The predicted molar refractivity (Wildman–Crippen MR) is 61.3 cm³/mol. The number of hydrogen-bond donors (Lipinski definition) is 0. The first kappa shape index (κ1) is 11.3. The second kappa shape index (κ2) is 4.67. The van der Waals surface area contributed by atoms with E-state index in [9.17, 15) is 0 Å². The molecular weight excluding hydrogens is 180 g/mol. The van der Waals surface area contributed by atoms with Gasteiger partial charge in [0.2, 0.25) is 0 Å². The van der Waals surface area contributed by atoms with Crippen molar-refractivity contribution in [3.05, 3.63) is 0 Å². The summed E-state index contributed by atoms with van der Waals surface area (Å²) in [5.41, 5.74) is 0. The molecule has 0 aromatic carbocycles. The molecule has 0 aromatic rings. The monoisotopic (exact) mass is 202 g/mol. The van der Waals surface area contributed by atoms with Crippen molar-refractivity contribution in [3.63, 3.8) is 0 Å². The zero-order chi connectivity index (χ0) is 9.90. The van der Waals surface area contributed by atoms with Crippen molar-refractivity contribution in [1.82, 2.24) is 9.80 Å². The third-order valence-corrected chi connectivity index (χ3v) is 3.43. The molecule has 0 radical (unpaired) electrons. The normalized spacial score (nSPS) is 21.2. The highest BCUT2D eigenvalue weighted by atomic mass is 32.2. The van der Waals surface area contributed by atoms with Crippen LogP contribution in [0.15, 0.2) is 0 Å². The number of thioether (sulfide) groups is 1. The average molecular weight is 202 g/mol. The Kier molecular flexibility index (Phi) is 4.07. The van der Waals surface area contributed by atoms with Gasteiger partial charge in [0.1, 0.15) is 0 Å². The van der Waals surface area contributed by atoms with Gasteiger partial charge in [0.15, 0.2) is 0 Å². The van der Waals surface area contributed by atoms with E-state index in [2.05, 4.69) is 49.4 Å². The highest BCUT2D eigenvalue weighted by molar-refractivity contribution is 8.00. The molecule has 1 rings (SSSR count). The van der Waals surface area contributed by atoms with Crippen molar-refractivity contribution >= 4 is 11.8 Å². The van der Waals surface area contributed by atoms with Gasteiger partial charge >= 0.3 is 0 Å². The van der Waals surface area contributed by atoms with E-state index in [0.717, 1.165) is 6.67 Å². The molecule has 1 heterocycles. The zero-order valence-corrected chi connectivity index (χ0v) is 10.2. The molecule has 0 N–H and O–H groups in total. The summed E-state index contributed by atoms with van der Waals surface area (Å²) in [5, 5.41) is 0. The molecule has 78 valence electrons. The Labute approximate surface area is 86.7 Å². The molecule has 0 saturated carbocycles. The van der Waals surface area contributed by atoms with Crippen LogP contribution in [-0.2, 0) is 0 Å². The van der Waals surface area contributed by atoms with Gasteiger partial charge in [-0.25, -0.2) is 0 Å². The maximum absolute atomic E-state index is 2.53. The van der Waals surface area contributed by atoms with Crippen LogP contribution in [0.25, 0.3) is 0 Å². The first-order chi connectivity index (χ1) is 5.97. The summed E-state index contributed by atoms with van der Waals surface area (Å²) in [6.45, 7) is 11.7. The van der Waals surface area contributed by atoms with E-state index in [0.29, 0.717) is 4.75 Å². The van der Waals surface area contributed by atoms with Crippen LogP contribution < -0.4 is 0 Å². The molecule has 13 heavy (non-hydrogen) atoms. The maximum atomic E-state index is 2.53. The van der Waals surface area contributed by atoms with E-state index in [-0.39, 0.29) is 0 Å². The smallest absolute Gasteiger partial charge is 0.0504 e. The summed E-state index contributed by atoms with van der Waals surface area (Å²) in [4.78, 5) is 4.90. The molecule has 2 nitrogen and oxygen atoms in total. The summed E-state index contributed by atoms with van der Waals surface area (Å²) in [6, 6.07) is 0. The fourth-order valence-corrected chi connectivity index (χ4v) is 2.42. The Morgan fingerprint density at radius 1 is 1.23 bits per heavy atom. The van der Waals surface area contributed by atoms with Gasteiger partial charge in [0.05, 0.1) is 6.67 Å². The molecule has 1 aliphatic heterocycles. The largest absolute Gasteiger partial charge is 0.292 e. The zero-order valence-electron chi connectivity index (χ0n) is 9.34. The van der Waals surface area contributed by atoms with Gasteiger partial charge in [-0.15, -0.1) is 0 Å². The Bertz CT molecular complexity index is 153. The number of rotatable bonds is 3. The molecule has 0 unspecified atom stereocenters. The van der Waals surface area contributed by atoms with Crippen LogP contribution >= 0.6 is 11.8 Å². The van der Waals surface area contributed by atoms with Crippen molar-refractivity contribution in [1.29, 1.82) is 0 Å². The van der Waals surface area contributed by atoms with E-state index < -0.39 is 0 Å². The maximum Gasteiger partial charge on any atom is 0.0504 e. The van der Waals surface area contributed by atoms with Gasteiger partial charge in [-0.05, 0) is 7.05 Å². The first-order valence-corrected chi connectivity index (χ1v) is 6.01. The van der Waals surface area contributed by atoms with Gasteiger partial charge < -0.3 is 0 Å². The van der Waals surface area contributed by atoms with Crippen molar-refractivity contribution in [3.8, 4) is 0 Å². The molecule has 0 amide bonds. The fraction of sp³-hybridized carbons (Fsp3) is 1.00. The third-order valence-electron chi connectivity index (χ3n) is 2.18. The third kappa shape index (κ3) is 4.89. The van der Waals surface area contributed by atoms with Gasteiger partial charge in [-0.3, -0.25) is 9.80 Å². The minimum atomic E-state index is 0.422. The Balaban J connectivity index is 2.07. The van der Waals surface area contributed by atoms with Crippen molar-refractivity contribution in [2.75, 3.05) is 39.1 Å². The predicted octanol–water partition coefficient (Wildman–Crippen LogP) is 1.72. The van der Waals surface area contributed by atoms with Crippen LogP contribution in [0.3, 0.4) is 0 Å². The summed E-state index contributed by atoms with van der Waals surface area (Å²) < 4.78 is 0.422. The van der Waals surface area contributed by atoms with Crippen LogP contribution in [0.5, 0.6) is 0 Å². The molecule has 0 bridgehead atoms. The molecule has 0 spiro atoms. The van der Waals surface area contributed by atoms with E-state index in [1.54, 1.807) is 0 Å². The minimum absolute atomic E-state index is 0.422. The van der Waals surface area contributed by atoms with Crippen molar-refractivity contribution < 1.29 is 0 Å². The number of likely N-dealkylation sites (N-methyl/N-ethyl adjacent to an activating group) is 1. The van der Waals surface area contributed by atoms with Crippen LogP contribution in [0.2, 0.25) is 0 Å². The van der Waals surface area contributed by atoms with Gasteiger partial charge in [-0.1, -0.05) is 20.8 Å². The lowest BCUT2D eigenvalue weighted by Crippen LogP contribution is -2.26. The van der Waals surface area contributed by atoms with Crippen LogP contribution in [0.1, 0.15) is 20.8 Å². The molecular formula is C10H22N2S. The molecule has 0 aromatic heterocycles. The quantitative estimate of drug-likeness (QED) is 0.688. The Morgan fingerprint density at radius 3 is 2.38 bits per heavy atom. The Hall–Kier alpha value is 0.270. The topological polar surface area (TPSA) is 6.48 Å². The van der Waals surface area contributed by atoms with Crippen LogP contribution in [0, 0.1) is 0 Å². The van der Waals surface area contributed by atoms with E-state index in [4.69, 9.17) is 0 Å². The highest BCUT2D eigenvalue weighted by Gasteiger charge is 2.17. The van der Waals surface area contributed by atoms with E-state index >= 15 is 0 Å². The molecule has 1 aliphatic rings. The lowest BCUT2D eigenvalue weighted by atomic mass is 10.3. The molecule has 0 atom stereocenters. The summed E-state index contributed by atoms with van der Waals surface area (Å²) in [5.74, 6) is 1.26. The average Bonchev–Trinajstić information content (AvgIpc) is 2.33. The second-order valence-electron chi connectivity index (χ2n) is 4.80. The van der Waals surface area contributed by atoms with Crippen molar-refractivity contribution in [2.45, 2.75) is 25.5 Å². The molecule has 1 saturated heterocycles. The SMILES string of the molecule is CN1CCN(CCSC(C)(C)C)C1. The van der Waals surface area contributed by atoms with Crippen LogP contribution in [0.4, 0.5) is 0 Å². The lowest BCUT2D eigenvalue weighted by Gasteiger charge is -2.20. The van der Waals surface area contributed by atoms with E-state index in [1.807, 2.05) is 0 Å². The number of hydrogen-bond acceptors (Lipinski definition) is 3. The Morgan fingerprint density at radius 2 is 1.92 bits per heavy atom. The standard InChI is InChI=1S/C10H22N2S/c1-10(2,3)13-8-7-12-6-5-11(4)9-12/h5-9H2,1-4H3. The molecule has 0 aliphatic carbocycles. The fourth-order valence-electron chi connectivity index (χ4n) is 1.46. The lowest BCUT2D eigenvalue weighted by molar-refractivity contribution is 0.288. The summed E-state index contributed by atoms with van der Waals surface area (Å²) >= 11 is 2.06. The minimum Gasteiger partial charge on any atom is -0.292 e.